The Labute approximate surface area is 157 Å². The molecular formula is C23H18ClNO. The van der Waals surface area contributed by atoms with Crippen molar-refractivity contribution in [2.45, 2.75) is 13.5 Å². The minimum atomic E-state index is 0.0126. The highest BCUT2D eigenvalue weighted by Crippen LogP contribution is 2.25. The van der Waals surface area contributed by atoms with E-state index in [1.807, 2.05) is 53.1 Å². The summed E-state index contributed by atoms with van der Waals surface area (Å²) in [6.07, 6.45) is 0. The minimum Gasteiger partial charge on any atom is -0.303 e. The van der Waals surface area contributed by atoms with Crippen molar-refractivity contribution in [3.8, 4) is 11.3 Å². The van der Waals surface area contributed by atoms with Crippen LogP contribution in [0.15, 0.2) is 83.7 Å². The second-order valence-corrected chi connectivity index (χ2v) is 6.94. The predicted molar refractivity (Wildman–Crippen MR) is 109 cm³/mol. The average molecular weight is 360 g/mol. The maximum Gasteiger partial charge on any atom is 0.259 e. The molecule has 1 heterocycles. The van der Waals surface area contributed by atoms with Crippen molar-refractivity contribution in [1.82, 2.24) is 4.57 Å². The Balaban J connectivity index is 1.96. The highest BCUT2D eigenvalue weighted by molar-refractivity contribution is 6.30. The maximum atomic E-state index is 13.2. The first kappa shape index (κ1) is 16.6. The first-order valence-electron chi connectivity index (χ1n) is 8.56. The highest BCUT2D eigenvalue weighted by Gasteiger charge is 2.12. The molecule has 1 aromatic heterocycles. The number of aromatic nitrogens is 1. The summed E-state index contributed by atoms with van der Waals surface area (Å²) >= 11 is 6.20. The van der Waals surface area contributed by atoms with Gasteiger partial charge in [0.15, 0.2) is 0 Å². The van der Waals surface area contributed by atoms with E-state index in [4.69, 9.17) is 11.6 Å². The number of hydrogen-bond donors (Lipinski definition) is 0. The number of aryl methyl sites for hydroxylation is 1. The molecule has 3 aromatic carbocycles. The summed E-state index contributed by atoms with van der Waals surface area (Å²) in [5.41, 5.74) is 4.12. The Bertz CT molecular complexity index is 1140. The normalized spacial score (nSPS) is 11.0. The van der Waals surface area contributed by atoms with Crippen LogP contribution in [-0.2, 0) is 6.54 Å². The third-order valence-electron chi connectivity index (χ3n) is 4.60. The second-order valence-electron chi connectivity index (χ2n) is 6.50. The van der Waals surface area contributed by atoms with Crippen LogP contribution in [0.25, 0.3) is 22.0 Å². The molecule has 0 amide bonds. The van der Waals surface area contributed by atoms with E-state index in [1.165, 1.54) is 5.56 Å². The fourth-order valence-electron chi connectivity index (χ4n) is 3.22. The van der Waals surface area contributed by atoms with Gasteiger partial charge in [0, 0.05) is 10.4 Å². The van der Waals surface area contributed by atoms with E-state index in [1.54, 1.807) is 0 Å². The van der Waals surface area contributed by atoms with E-state index in [0.29, 0.717) is 11.6 Å². The van der Waals surface area contributed by atoms with Crippen molar-refractivity contribution in [3.05, 3.63) is 105 Å². The van der Waals surface area contributed by atoms with Gasteiger partial charge in [0.25, 0.3) is 5.56 Å². The molecule has 0 radical (unpaired) electrons. The zero-order valence-corrected chi connectivity index (χ0v) is 15.2. The molecule has 26 heavy (non-hydrogen) atoms. The SMILES string of the molecule is Cc1ccc(Cn2c(-c3cccc(Cl)c3)cc3ccccc3c2=O)cc1. The van der Waals surface area contributed by atoms with Gasteiger partial charge >= 0.3 is 0 Å². The van der Waals surface area contributed by atoms with Gasteiger partial charge in [-0.25, -0.2) is 0 Å². The number of pyridine rings is 1. The number of benzene rings is 3. The molecule has 0 atom stereocenters. The summed E-state index contributed by atoms with van der Waals surface area (Å²) < 4.78 is 1.83. The third kappa shape index (κ3) is 3.16. The molecular weight excluding hydrogens is 342 g/mol. The maximum absolute atomic E-state index is 13.2. The lowest BCUT2D eigenvalue weighted by molar-refractivity contribution is 0.777. The molecule has 4 aromatic rings. The van der Waals surface area contributed by atoms with Crippen molar-refractivity contribution in [2.75, 3.05) is 0 Å². The fourth-order valence-corrected chi connectivity index (χ4v) is 3.41. The van der Waals surface area contributed by atoms with Gasteiger partial charge in [-0.1, -0.05) is 71.8 Å². The van der Waals surface area contributed by atoms with Crippen LogP contribution < -0.4 is 5.56 Å². The molecule has 4 rings (SSSR count). The van der Waals surface area contributed by atoms with Gasteiger partial charge in [-0.15, -0.1) is 0 Å². The van der Waals surface area contributed by atoms with Crippen LogP contribution >= 0.6 is 11.6 Å². The van der Waals surface area contributed by atoms with Crippen LogP contribution in [0, 0.1) is 6.92 Å². The largest absolute Gasteiger partial charge is 0.303 e. The Hall–Kier alpha value is -2.84. The lowest BCUT2D eigenvalue weighted by atomic mass is 10.1. The van der Waals surface area contributed by atoms with Gasteiger partial charge < -0.3 is 4.57 Å². The molecule has 0 saturated carbocycles. The summed E-state index contributed by atoms with van der Waals surface area (Å²) in [7, 11) is 0. The van der Waals surface area contributed by atoms with E-state index >= 15 is 0 Å². The summed E-state index contributed by atoms with van der Waals surface area (Å²) in [5.74, 6) is 0. The fraction of sp³-hybridized carbons (Fsp3) is 0.0870. The van der Waals surface area contributed by atoms with Crippen LogP contribution in [-0.4, -0.2) is 4.57 Å². The van der Waals surface area contributed by atoms with Crippen LogP contribution in [0.3, 0.4) is 0 Å². The van der Waals surface area contributed by atoms with Crippen molar-refractivity contribution in [1.29, 1.82) is 0 Å². The van der Waals surface area contributed by atoms with E-state index in [2.05, 4.69) is 37.3 Å². The van der Waals surface area contributed by atoms with Crippen LogP contribution in [0.1, 0.15) is 11.1 Å². The summed E-state index contributed by atoms with van der Waals surface area (Å²) in [6.45, 7) is 2.58. The lowest BCUT2D eigenvalue weighted by Crippen LogP contribution is -2.22. The van der Waals surface area contributed by atoms with Crippen LogP contribution in [0.5, 0.6) is 0 Å². The number of rotatable bonds is 3. The monoisotopic (exact) mass is 359 g/mol. The van der Waals surface area contributed by atoms with Gasteiger partial charge in [-0.2, -0.15) is 0 Å². The predicted octanol–water partition coefficient (Wildman–Crippen LogP) is 5.68. The molecule has 128 valence electrons. The first-order chi connectivity index (χ1) is 12.6. The molecule has 0 bridgehead atoms. The van der Waals surface area contributed by atoms with E-state index < -0.39 is 0 Å². The molecule has 0 aliphatic rings. The zero-order valence-electron chi connectivity index (χ0n) is 14.4. The summed E-state index contributed by atoms with van der Waals surface area (Å²) in [6, 6.07) is 25.7. The Morgan fingerprint density at radius 3 is 2.42 bits per heavy atom. The number of halogens is 1. The zero-order chi connectivity index (χ0) is 18.1. The van der Waals surface area contributed by atoms with Crippen molar-refractivity contribution in [3.63, 3.8) is 0 Å². The standard InChI is InChI=1S/C23H18ClNO/c1-16-9-11-17(12-10-16)15-25-22(19-6-4-7-20(24)13-19)14-18-5-2-3-8-21(18)23(25)26/h2-14H,15H2,1H3. The van der Waals surface area contributed by atoms with Gasteiger partial charge in [0.05, 0.1) is 12.2 Å². The minimum absolute atomic E-state index is 0.0126. The Morgan fingerprint density at radius 1 is 0.885 bits per heavy atom. The molecule has 0 aliphatic carbocycles. The van der Waals surface area contributed by atoms with Crippen LogP contribution in [0.4, 0.5) is 0 Å². The third-order valence-corrected chi connectivity index (χ3v) is 4.84. The molecule has 0 unspecified atom stereocenters. The molecule has 0 saturated heterocycles. The quantitative estimate of drug-likeness (QED) is 0.461. The molecule has 3 heteroatoms. The summed E-state index contributed by atoms with van der Waals surface area (Å²) in [4.78, 5) is 13.2. The Morgan fingerprint density at radius 2 is 1.65 bits per heavy atom. The molecule has 0 fully saturated rings. The van der Waals surface area contributed by atoms with Crippen molar-refractivity contribution in [2.24, 2.45) is 0 Å². The van der Waals surface area contributed by atoms with E-state index in [9.17, 15) is 4.79 Å². The average Bonchev–Trinajstić information content (AvgIpc) is 2.65. The van der Waals surface area contributed by atoms with E-state index in [-0.39, 0.29) is 5.56 Å². The molecule has 0 spiro atoms. The smallest absolute Gasteiger partial charge is 0.259 e. The molecule has 0 aliphatic heterocycles. The highest BCUT2D eigenvalue weighted by atomic mass is 35.5. The number of nitrogens with zero attached hydrogens (tertiary/aromatic N) is 1. The van der Waals surface area contributed by atoms with E-state index in [0.717, 1.165) is 27.6 Å². The molecule has 2 nitrogen and oxygen atoms in total. The van der Waals surface area contributed by atoms with Crippen molar-refractivity contribution < 1.29 is 0 Å². The topological polar surface area (TPSA) is 22.0 Å². The number of fused-ring (bicyclic) bond motifs is 1. The molecule has 0 N–H and O–H groups in total. The first-order valence-corrected chi connectivity index (χ1v) is 8.94. The van der Waals surface area contributed by atoms with Gasteiger partial charge in [-0.3, -0.25) is 4.79 Å². The summed E-state index contributed by atoms with van der Waals surface area (Å²) in [5, 5.41) is 2.32. The van der Waals surface area contributed by atoms with Gasteiger partial charge in [0.1, 0.15) is 0 Å². The number of hydrogen-bond acceptors (Lipinski definition) is 1. The Kier molecular flexibility index (Phi) is 4.36. The second kappa shape index (κ2) is 6.81. The van der Waals surface area contributed by atoms with Gasteiger partial charge in [0.2, 0.25) is 0 Å². The van der Waals surface area contributed by atoms with Crippen LogP contribution in [0.2, 0.25) is 5.02 Å². The van der Waals surface area contributed by atoms with Crippen molar-refractivity contribution >= 4 is 22.4 Å². The van der Waals surface area contributed by atoms with Gasteiger partial charge in [-0.05, 0) is 47.7 Å². The lowest BCUT2D eigenvalue weighted by Gasteiger charge is -2.15.